The van der Waals surface area contributed by atoms with Crippen LogP contribution in [0.2, 0.25) is 0 Å². The monoisotopic (exact) mass is 222 g/mol. The molecule has 0 spiro atoms. The molecule has 1 saturated heterocycles. The molecule has 2 nitrogen and oxygen atoms in total. The van der Waals surface area contributed by atoms with Crippen molar-refractivity contribution in [2.45, 2.75) is 29.9 Å². The maximum atomic E-state index is 11.2. The molecule has 5 aliphatic rings. The molecule has 4 saturated carbocycles. The molecule has 0 N–H and O–H groups in total. The van der Waals surface area contributed by atoms with Crippen molar-refractivity contribution in [1.29, 1.82) is 0 Å². The van der Waals surface area contributed by atoms with Crippen LogP contribution in [0.3, 0.4) is 0 Å². The number of hydrogen-bond acceptors (Lipinski definition) is 3. The summed E-state index contributed by atoms with van der Waals surface area (Å²) in [7, 11) is 0. The van der Waals surface area contributed by atoms with Gasteiger partial charge in [-0.1, -0.05) is 0 Å². The van der Waals surface area contributed by atoms with Gasteiger partial charge in [0.2, 0.25) is 0 Å². The highest BCUT2D eigenvalue weighted by Gasteiger charge is 2.82. The van der Waals surface area contributed by atoms with Crippen molar-refractivity contribution < 1.29 is 9.53 Å². The van der Waals surface area contributed by atoms with Gasteiger partial charge in [0, 0.05) is 29.3 Å². The molecular weight excluding hydrogens is 208 g/mol. The summed E-state index contributed by atoms with van der Waals surface area (Å²) in [6, 6.07) is 0. The van der Waals surface area contributed by atoms with Crippen LogP contribution in [0.25, 0.3) is 0 Å². The number of carbonyl (C=O) groups is 1. The van der Waals surface area contributed by atoms with E-state index in [1.165, 1.54) is 6.42 Å². The molecule has 80 valence electrons. The van der Waals surface area contributed by atoms with E-state index in [-0.39, 0.29) is 5.97 Å². The van der Waals surface area contributed by atoms with Crippen LogP contribution in [0, 0.1) is 35.5 Å². The lowest BCUT2D eigenvalue weighted by Gasteiger charge is -2.46. The highest BCUT2D eigenvalue weighted by Crippen LogP contribution is 2.82. The largest absolute Gasteiger partial charge is 0.462 e. The number of esters is 1. The number of rotatable bonds is 1. The van der Waals surface area contributed by atoms with Gasteiger partial charge in [-0.25, -0.2) is 0 Å². The second-order valence-corrected chi connectivity index (χ2v) is 7.37. The Hall–Kier alpha value is -0.180. The van der Waals surface area contributed by atoms with E-state index in [0.29, 0.717) is 6.10 Å². The molecule has 3 heteroatoms. The topological polar surface area (TPSA) is 26.3 Å². The van der Waals surface area contributed by atoms with Gasteiger partial charge in [0.05, 0.1) is 0 Å². The summed E-state index contributed by atoms with van der Waals surface area (Å²) in [5, 5.41) is 1.74. The Morgan fingerprint density at radius 2 is 2.00 bits per heavy atom. The van der Waals surface area contributed by atoms with Gasteiger partial charge in [-0.05, 0) is 30.1 Å². The van der Waals surface area contributed by atoms with E-state index in [1.807, 2.05) is 0 Å². The lowest BCUT2D eigenvalue weighted by atomic mass is 9.63. The average molecular weight is 222 g/mol. The first kappa shape index (κ1) is 7.99. The summed E-state index contributed by atoms with van der Waals surface area (Å²) < 4.78 is 5.62. The number of thioether (sulfide) groups is 1. The molecule has 0 aromatic rings. The van der Waals surface area contributed by atoms with E-state index >= 15 is 0 Å². The minimum absolute atomic E-state index is 0.0578. The third-order valence-electron chi connectivity index (χ3n) is 5.85. The fraction of sp³-hybridized carbons (Fsp3) is 0.917. The van der Waals surface area contributed by atoms with Crippen LogP contribution in [-0.2, 0) is 9.53 Å². The zero-order chi connectivity index (χ0) is 9.89. The third-order valence-corrected chi connectivity index (χ3v) is 7.77. The van der Waals surface area contributed by atoms with Crippen LogP contribution in [0.15, 0.2) is 0 Å². The number of fused-ring (bicyclic) bond motifs is 2. The van der Waals surface area contributed by atoms with Crippen LogP contribution >= 0.6 is 11.8 Å². The van der Waals surface area contributed by atoms with Crippen molar-refractivity contribution >= 4 is 17.7 Å². The first-order chi connectivity index (χ1) is 7.27. The lowest BCUT2D eigenvalue weighted by Crippen LogP contribution is -2.49. The van der Waals surface area contributed by atoms with Crippen molar-refractivity contribution in [1.82, 2.24) is 0 Å². The quantitative estimate of drug-likeness (QED) is 0.630. The van der Waals surface area contributed by atoms with Crippen molar-refractivity contribution in [2.75, 3.05) is 0 Å². The zero-order valence-electron chi connectivity index (χ0n) is 8.63. The molecule has 0 aromatic heterocycles. The Kier molecular flexibility index (Phi) is 1.12. The molecular formula is C12H14O2S. The normalized spacial score (nSPS) is 70.1. The zero-order valence-corrected chi connectivity index (χ0v) is 9.44. The summed E-state index contributed by atoms with van der Waals surface area (Å²) in [4.78, 5) is 11.2. The Labute approximate surface area is 93.1 Å². The van der Waals surface area contributed by atoms with Crippen LogP contribution in [0.4, 0.5) is 0 Å². The SMILES string of the molecule is CC(=O)O[C@H]1[C@@H]2[C@@H]3S[C@H]4[C@@H]5C[C@@H]([C@H]2[C@H]53)[C@@H]14. The van der Waals surface area contributed by atoms with E-state index in [9.17, 15) is 4.79 Å². The molecule has 0 unspecified atom stereocenters. The number of ether oxygens (including phenoxy) is 1. The summed E-state index contributed by atoms with van der Waals surface area (Å²) in [5.41, 5.74) is 0. The highest BCUT2D eigenvalue weighted by molar-refractivity contribution is 8.01. The van der Waals surface area contributed by atoms with E-state index < -0.39 is 0 Å². The van der Waals surface area contributed by atoms with Crippen LogP contribution in [0.5, 0.6) is 0 Å². The van der Waals surface area contributed by atoms with Gasteiger partial charge in [0.25, 0.3) is 0 Å². The van der Waals surface area contributed by atoms with E-state index in [4.69, 9.17) is 4.74 Å². The highest BCUT2D eigenvalue weighted by atomic mass is 32.2. The van der Waals surface area contributed by atoms with Crippen molar-refractivity contribution in [2.24, 2.45) is 35.5 Å². The molecule has 1 heterocycles. The van der Waals surface area contributed by atoms with Crippen molar-refractivity contribution in [3.8, 4) is 0 Å². The van der Waals surface area contributed by atoms with Gasteiger partial charge in [0.1, 0.15) is 6.10 Å². The minimum atomic E-state index is -0.0578. The lowest BCUT2D eigenvalue weighted by molar-refractivity contribution is -0.152. The molecule has 9 atom stereocenters. The fourth-order valence-corrected chi connectivity index (χ4v) is 8.30. The third kappa shape index (κ3) is 0.620. The second-order valence-electron chi connectivity index (χ2n) is 6.01. The van der Waals surface area contributed by atoms with E-state index in [2.05, 4.69) is 11.8 Å². The molecule has 2 bridgehead atoms. The van der Waals surface area contributed by atoms with Gasteiger partial charge in [-0.15, -0.1) is 0 Å². The second kappa shape index (κ2) is 2.11. The van der Waals surface area contributed by atoms with Crippen molar-refractivity contribution in [3.63, 3.8) is 0 Å². The van der Waals surface area contributed by atoms with Gasteiger partial charge in [0.15, 0.2) is 0 Å². The summed E-state index contributed by atoms with van der Waals surface area (Å²) in [6.07, 6.45) is 1.78. The van der Waals surface area contributed by atoms with Crippen LogP contribution < -0.4 is 0 Å². The number of hydrogen-bond donors (Lipinski definition) is 0. The van der Waals surface area contributed by atoms with Crippen LogP contribution in [-0.4, -0.2) is 22.6 Å². The standard InChI is InChI=1S/C12H14O2S/c1-3(13)14-10-8-4-2-5-7-6(4)9(10)12(7)15-11(5)8/h4-12H,2H2,1H3/t4-,5+,6-,7-,8-,9+,10+,11-,12+/m0/s1. The van der Waals surface area contributed by atoms with Gasteiger partial charge < -0.3 is 4.74 Å². The Balaban J connectivity index is 1.61. The molecule has 0 aromatic carbocycles. The predicted octanol–water partition coefficient (Wildman–Crippen LogP) is 1.54. The maximum absolute atomic E-state index is 11.2. The molecule has 0 radical (unpaired) electrons. The molecule has 5 rings (SSSR count). The molecule has 5 fully saturated rings. The molecule has 1 aliphatic heterocycles. The Morgan fingerprint density at radius 1 is 1.13 bits per heavy atom. The Bertz CT molecular complexity index is 376. The van der Waals surface area contributed by atoms with E-state index in [0.717, 1.165) is 46.0 Å². The van der Waals surface area contributed by atoms with Crippen LogP contribution in [0.1, 0.15) is 13.3 Å². The molecule has 0 amide bonds. The minimum Gasteiger partial charge on any atom is -0.462 e. The predicted molar refractivity (Wildman–Crippen MR) is 56.3 cm³/mol. The van der Waals surface area contributed by atoms with Crippen molar-refractivity contribution in [3.05, 3.63) is 0 Å². The van der Waals surface area contributed by atoms with E-state index in [1.54, 1.807) is 6.92 Å². The maximum Gasteiger partial charge on any atom is 0.302 e. The molecule has 4 aliphatic carbocycles. The number of carbonyl (C=O) groups excluding carboxylic acids is 1. The summed E-state index contributed by atoms with van der Waals surface area (Å²) >= 11 is 2.25. The first-order valence-electron chi connectivity index (χ1n) is 6.10. The first-order valence-corrected chi connectivity index (χ1v) is 7.04. The van der Waals surface area contributed by atoms with Gasteiger partial charge in [-0.2, -0.15) is 11.8 Å². The summed E-state index contributed by atoms with van der Waals surface area (Å²) in [6.45, 7) is 1.57. The fourth-order valence-electron chi connectivity index (χ4n) is 5.83. The molecule has 15 heavy (non-hydrogen) atoms. The van der Waals surface area contributed by atoms with Gasteiger partial charge in [-0.3, -0.25) is 4.79 Å². The summed E-state index contributed by atoms with van der Waals surface area (Å²) in [5.74, 6) is 5.38. The average Bonchev–Trinajstić information content (AvgIpc) is 2.62. The Morgan fingerprint density at radius 3 is 2.80 bits per heavy atom. The smallest absolute Gasteiger partial charge is 0.302 e. The van der Waals surface area contributed by atoms with Gasteiger partial charge >= 0.3 is 5.97 Å².